The molecule has 0 spiro atoms. The van der Waals surface area contributed by atoms with Crippen molar-refractivity contribution in [2.24, 2.45) is 5.41 Å². The maximum absolute atomic E-state index is 13.5. The fourth-order valence-corrected chi connectivity index (χ4v) is 10.2. The molecule has 18 heteroatoms. The molecule has 55 heavy (non-hydrogen) atoms. The molecule has 11 atom stereocenters. The summed E-state index contributed by atoms with van der Waals surface area (Å²) in [5, 5.41) is 58.2. The number of aliphatic hydroxyl groups excluding tert-OH is 2. The van der Waals surface area contributed by atoms with E-state index in [2.05, 4.69) is 22.6 Å². The van der Waals surface area contributed by atoms with Gasteiger partial charge in [-0.25, -0.2) is 0 Å². The predicted octanol–water partition coefficient (Wildman–Crippen LogP) is 2.17. The highest BCUT2D eigenvalue weighted by molar-refractivity contribution is 14.1. The summed E-state index contributed by atoms with van der Waals surface area (Å²) in [7, 11) is 5.29. The molecule has 304 valence electrons. The number of fused-ring (bicyclic) bond motifs is 5. The molecule has 0 amide bonds. The summed E-state index contributed by atoms with van der Waals surface area (Å²) in [5.41, 5.74) is -3.43. The van der Waals surface area contributed by atoms with Crippen LogP contribution in [0.2, 0.25) is 0 Å². The van der Waals surface area contributed by atoms with Gasteiger partial charge in [0, 0.05) is 57.6 Å². The van der Waals surface area contributed by atoms with E-state index < -0.39 is 99.3 Å². The van der Waals surface area contributed by atoms with Crippen molar-refractivity contribution in [2.45, 2.75) is 112 Å². The van der Waals surface area contributed by atoms with Gasteiger partial charge in [-0.1, -0.05) is 22.6 Å². The number of ether oxygens (including phenoxy) is 9. The van der Waals surface area contributed by atoms with Crippen molar-refractivity contribution < 1.29 is 82.5 Å². The summed E-state index contributed by atoms with van der Waals surface area (Å²) in [6.45, 7) is 6.61. The zero-order valence-corrected chi connectivity index (χ0v) is 34.0. The Bertz CT molecular complexity index is 1900. The molecule has 2 aromatic carbocycles. The molecule has 6 rings (SSSR count). The second kappa shape index (κ2) is 14.6. The number of benzene rings is 2. The average molecular weight is 891 g/mol. The summed E-state index contributed by atoms with van der Waals surface area (Å²) in [6, 6.07) is 1.69. The Labute approximate surface area is 330 Å². The van der Waals surface area contributed by atoms with Gasteiger partial charge in [-0.3, -0.25) is 14.4 Å². The second-order valence-electron chi connectivity index (χ2n) is 14.7. The van der Waals surface area contributed by atoms with E-state index in [9.17, 15) is 39.9 Å². The standard InChI is InChI=1S/C37H47IO17/c1-14-10-18-24(29(44)26-25(30(18)48-7)19(41)11-20(42)28(26)43)31-23(14)27(38)32-37(54-31,34(5,13-47-6)36(46,55-32)33(49-8)50-9)53-22-12-21(52-17(4)40)35(45,15(2)39)16(3)51-22/h10,16,19-22,27,32-33,41-42,44-46H,11-13H2,1-9H3/t16?,19-,20-,21?,22?,27?,32?,34-,35?,36?,37+/m0/s1. The molecule has 4 aliphatic rings. The lowest BCUT2D eigenvalue weighted by molar-refractivity contribution is -0.383. The lowest BCUT2D eigenvalue weighted by Crippen LogP contribution is -2.70. The highest BCUT2D eigenvalue weighted by Gasteiger charge is 2.80. The van der Waals surface area contributed by atoms with Crippen LogP contribution in [0, 0.1) is 12.3 Å². The van der Waals surface area contributed by atoms with Crippen LogP contribution in [0.3, 0.4) is 0 Å². The van der Waals surface area contributed by atoms with Gasteiger partial charge in [0.15, 0.2) is 23.5 Å². The Morgan fingerprint density at radius 1 is 1.05 bits per heavy atom. The molecule has 2 saturated heterocycles. The molecule has 1 aliphatic carbocycles. The molecule has 17 nitrogen and oxygen atoms in total. The molecule has 0 saturated carbocycles. The van der Waals surface area contributed by atoms with E-state index in [1.807, 2.05) is 0 Å². The van der Waals surface area contributed by atoms with Gasteiger partial charge in [-0.05, 0) is 39.3 Å². The van der Waals surface area contributed by atoms with E-state index >= 15 is 0 Å². The Morgan fingerprint density at radius 2 is 1.71 bits per heavy atom. The number of aromatic hydroxyl groups is 1. The van der Waals surface area contributed by atoms with Crippen LogP contribution in [0.4, 0.5) is 0 Å². The average Bonchev–Trinajstić information content (AvgIpc) is 3.29. The first-order chi connectivity index (χ1) is 25.7. The first-order valence-electron chi connectivity index (χ1n) is 17.6. The summed E-state index contributed by atoms with van der Waals surface area (Å²) >= 11 is 2.09. The fourth-order valence-electron chi connectivity index (χ4n) is 8.83. The van der Waals surface area contributed by atoms with E-state index in [1.165, 1.54) is 42.3 Å². The highest BCUT2D eigenvalue weighted by Crippen LogP contribution is 2.66. The predicted molar refractivity (Wildman–Crippen MR) is 196 cm³/mol. The van der Waals surface area contributed by atoms with Crippen molar-refractivity contribution in [3.05, 3.63) is 28.3 Å². The van der Waals surface area contributed by atoms with Crippen LogP contribution in [0.15, 0.2) is 6.07 Å². The smallest absolute Gasteiger partial charge is 0.303 e. The third-order valence-corrected chi connectivity index (χ3v) is 12.8. The van der Waals surface area contributed by atoms with Crippen molar-refractivity contribution in [1.29, 1.82) is 0 Å². The van der Waals surface area contributed by atoms with E-state index in [-0.39, 0.29) is 46.4 Å². The van der Waals surface area contributed by atoms with Crippen LogP contribution in [0.25, 0.3) is 10.8 Å². The number of aryl methyl sites for hydroxylation is 1. The number of aliphatic hydroxyl groups is 4. The van der Waals surface area contributed by atoms with Gasteiger partial charge in [0.2, 0.25) is 12.1 Å². The van der Waals surface area contributed by atoms with Gasteiger partial charge in [0.25, 0.3) is 5.79 Å². The summed E-state index contributed by atoms with van der Waals surface area (Å²) in [5.74, 6) is -7.58. The van der Waals surface area contributed by atoms with Gasteiger partial charge in [0.1, 0.15) is 41.0 Å². The molecule has 3 heterocycles. The largest absolute Gasteiger partial charge is 0.506 e. The first kappa shape index (κ1) is 41.9. The number of hydrogen-bond acceptors (Lipinski definition) is 17. The number of hydrogen-bond donors (Lipinski definition) is 5. The van der Waals surface area contributed by atoms with Crippen LogP contribution >= 0.6 is 22.6 Å². The zero-order valence-electron chi connectivity index (χ0n) is 31.8. The quantitative estimate of drug-likeness (QED) is 0.0995. The van der Waals surface area contributed by atoms with Crippen molar-refractivity contribution >= 4 is 50.9 Å². The van der Waals surface area contributed by atoms with Gasteiger partial charge in [-0.2, -0.15) is 0 Å². The monoisotopic (exact) mass is 890 g/mol. The number of alkyl halides is 1. The van der Waals surface area contributed by atoms with Crippen molar-refractivity contribution in [3.63, 3.8) is 0 Å². The summed E-state index contributed by atoms with van der Waals surface area (Å²) in [4.78, 5) is 38.6. The fraction of sp³-hybridized carbons (Fsp3) is 0.649. The number of ketones is 2. The van der Waals surface area contributed by atoms with Crippen LogP contribution in [-0.4, -0.2) is 132 Å². The molecule has 2 aromatic rings. The SMILES string of the molecule is COC[C@@]1(C)C(O)(C(OC)OC)OC2C(I)c3c(C)cc4c(OC)c5c(c(O)c4c3O[C@]21OC1CC(OC(C)=O)C(O)(C(C)=O)C(C)O1)C(=O)[C@@H](O)C[C@@H]5O. The molecule has 0 radical (unpaired) electrons. The van der Waals surface area contributed by atoms with Crippen LogP contribution < -0.4 is 9.47 Å². The van der Waals surface area contributed by atoms with E-state index in [0.29, 0.717) is 11.1 Å². The number of methoxy groups -OCH3 is 4. The lowest BCUT2D eigenvalue weighted by atomic mass is 9.71. The molecule has 2 fully saturated rings. The number of halogens is 1. The van der Waals surface area contributed by atoms with Gasteiger partial charge in [0.05, 0.1) is 40.8 Å². The van der Waals surface area contributed by atoms with E-state index in [1.54, 1.807) is 13.0 Å². The number of phenolic OH excluding ortho intramolecular Hbond substituents is 1. The maximum atomic E-state index is 13.5. The number of phenols is 1. The van der Waals surface area contributed by atoms with Gasteiger partial charge >= 0.3 is 5.97 Å². The topological polar surface area (TPSA) is 235 Å². The third kappa shape index (κ3) is 5.81. The van der Waals surface area contributed by atoms with Crippen molar-refractivity contribution in [3.8, 4) is 17.2 Å². The Balaban J connectivity index is 1.66. The Hall–Kier alpha value is -2.76. The highest BCUT2D eigenvalue weighted by atomic mass is 127. The molecule has 0 bridgehead atoms. The first-order valence-corrected chi connectivity index (χ1v) is 18.8. The molecule has 3 aliphatic heterocycles. The summed E-state index contributed by atoms with van der Waals surface area (Å²) < 4.78 is 54.0. The maximum Gasteiger partial charge on any atom is 0.303 e. The van der Waals surface area contributed by atoms with E-state index in [0.717, 1.165) is 13.8 Å². The number of rotatable bonds is 10. The number of carbonyl (C=O) groups is 3. The van der Waals surface area contributed by atoms with Gasteiger partial charge in [-0.15, -0.1) is 0 Å². The zero-order chi connectivity index (χ0) is 40.7. The Kier molecular flexibility index (Phi) is 11.1. The molecular formula is C37H47IO17. The minimum Gasteiger partial charge on any atom is -0.506 e. The van der Waals surface area contributed by atoms with Gasteiger partial charge < -0.3 is 68.2 Å². The van der Waals surface area contributed by atoms with Crippen LogP contribution in [-0.2, 0) is 42.7 Å². The minimum atomic E-state index is -2.43. The molecule has 5 N–H and O–H groups in total. The number of carbonyl (C=O) groups excluding carboxylic acids is 3. The number of Topliss-reactive ketones (excluding diaryl/α,β-unsaturated/α-hetero) is 2. The molecule has 0 aromatic heterocycles. The molecule has 7 unspecified atom stereocenters. The van der Waals surface area contributed by atoms with E-state index in [4.69, 9.17) is 42.6 Å². The van der Waals surface area contributed by atoms with Crippen LogP contribution in [0.5, 0.6) is 17.2 Å². The lowest BCUT2D eigenvalue weighted by Gasteiger charge is -2.53. The Morgan fingerprint density at radius 3 is 2.27 bits per heavy atom. The normalized spacial score (nSPS) is 36.9. The van der Waals surface area contributed by atoms with Crippen molar-refractivity contribution in [2.75, 3.05) is 35.0 Å². The minimum absolute atomic E-state index is 0.00212. The molecular weight excluding hydrogens is 843 g/mol. The number of esters is 1. The second-order valence-corrected chi connectivity index (χ2v) is 16.0. The van der Waals surface area contributed by atoms with Crippen molar-refractivity contribution in [1.82, 2.24) is 0 Å². The van der Waals surface area contributed by atoms with Crippen LogP contribution in [0.1, 0.15) is 77.6 Å². The third-order valence-electron chi connectivity index (χ3n) is 11.6. The summed E-state index contributed by atoms with van der Waals surface area (Å²) in [6.07, 6.45) is -10.7.